The SMILES string of the molecule is CC(=O)Nc1c(N)ccc(F)c1F. The van der Waals surface area contributed by atoms with Crippen LogP contribution >= 0.6 is 0 Å². The van der Waals surface area contributed by atoms with Gasteiger partial charge in [-0.2, -0.15) is 0 Å². The predicted molar refractivity (Wildman–Crippen MR) is 45.1 cm³/mol. The van der Waals surface area contributed by atoms with Gasteiger partial charge in [0.2, 0.25) is 5.91 Å². The van der Waals surface area contributed by atoms with Gasteiger partial charge in [0, 0.05) is 6.92 Å². The van der Waals surface area contributed by atoms with Crippen LogP contribution in [0.3, 0.4) is 0 Å². The molecule has 3 nitrogen and oxygen atoms in total. The molecule has 13 heavy (non-hydrogen) atoms. The summed E-state index contributed by atoms with van der Waals surface area (Å²) in [5.41, 5.74) is 5.00. The second kappa shape index (κ2) is 3.38. The Morgan fingerprint density at radius 2 is 2.08 bits per heavy atom. The molecule has 0 fully saturated rings. The van der Waals surface area contributed by atoms with E-state index in [4.69, 9.17) is 5.73 Å². The van der Waals surface area contributed by atoms with Crippen LogP contribution in [0.5, 0.6) is 0 Å². The highest BCUT2D eigenvalue weighted by atomic mass is 19.2. The van der Waals surface area contributed by atoms with Crippen LogP contribution < -0.4 is 11.1 Å². The van der Waals surface area contributed by atoms with Gasteiger partial charge in [0.15, 0.2) is 11.6 Å². The smallest absolute Gasteiger partial charge is 0.221 e. The van der Waals surface area contributed by atoms with E-state index in [1.165, 1.54) is 13.0 Å². The fourth-order valence-corrected chi connectivity index (χ4v) is 0.869. The Morgan fingerprint density at radius 3 is 2.62 bits per heavy atom. The van der Waals surface area contributed by atoms with Gasteiger partial charge in [-0.3, -0.25) is 4.79 Å². The average Bonchev–Trinajstić information content (AvgIpc) is 2.05. The molecule has 1 rings (SSSR count). The molecule has 70 valence electrons. The third-order valence-corrected chi connectivity index (χ3v) is 1.43. The normalized spacial score (nSPS) is 9.77. The lowest BCUT2D eigenvalue weighted by atomic mass is 10.2. The number of rotatable bonds is 1. The number of nitrogens with two attached hydrogens (primary N) is 1. The van der Waals surface area contributed by atoms with E-state index in [-0.39, 0.29) is 11.4 Å². The zero-order valence-electron chi connectivity index (χ0n) is 6.90. The van der Waals surface area contributed by atoms with Gasteiger partial charge in [-0.25, -0.2) is 8.78 Å². The van der Waals surface area contributed by atoms with E-state index in [9.17, 15) is 13.6 Å². The number of carbonyl (C=O) groups is 1. The molecular weight excluding hydrogens is 178 g/mol. The van der Waals surface area contributed by atoms with E-state index < -0.39 is 17.5 Å². The van der Waals surface area contributed by atoms with Gasteiger partial charge in [0.05, 0.1) is 5.69 Å². The molecule has 0 unspecified atom stereocenters. The van der Waals surface area contributed by atoms with Crippen LogP contribution in [0.1, 0.15) is 6.92 Å². The van der Waals surface area contributed by atoms with Crippen molar-refractivity contribution in [1.82, 2.24) is 0 Å². The summed E-state index contributed by atoms with van der Waals surface area (Å²) in [6.45, 7) is 1.18. The highest BCUT2D eigenvalue weighted by Crippen LogP contribution is 2.24. The van der Waals surface area contributed by atoms with Crippen molar-refractivity contribution in [1.29, 1.82) is 0 Å². The van der Waals surface area contributed by atoms with Crippen molar-refractivity contribution < 1.29 is 13.6 Å². The average molecular weight is 186 g/mol. The van der Waals surface area contributed by atoms with Crippen molar-refractivity contribution in [3.8, 4) is 0 Å². The van der Waals surface area contributed by atoms with E-state index in [1.807, 2.05) is 0 Å². The first kappa shape index (κ1) is 9.44. The summed E-state index contributed by atoms with van der Waals surface area (Å²) < 4.78 is 25.6. The third kappa shape index (κ3) is 1.93. The zero-order chi connectivity index (χ0) is 10.0. The van der Waals surface area contributed by atoms with Crippen LogP contribution in [-0.2, 0) is 4.79 Å². The first-order valence-electron chi connectivity index (χ1n) is 3.53. The molecule has 0 spiro atoms. The predicted octanol–water partition coefficient (Wildman–Crippen LogP) is 1.51. The Hall–Kier alpha value is -1.65. The number of benzene rings is 1. The van der Waals surface area contributed by atoms with Gasteiger partial charge in [-0.1, -0.05) is 0 Å². The van der Waals surface area contributed by atoms with Crippen molar-refractivity contribution >= 4 is 17.3 Å². The van der Waals surface area contributed by atoms with E-state index in [0.717, 1.165) is 6.07 Å². The van der Waals surface area contributed by atoms with Crippen molar-refractivity contribution in [2.45, 2.75) is 6.92 Å². The quantitative estimate of drug-likeness (QED) is 0.653. The zero-order valence-corrected chi connectivity index (χ0v) is 6.90. The minimum absolute atomic E-state index is 0.00546. The minimum Gasteiger partial charge on any atom is -0.397 e. The summed E-state index contributed by atoms with van der Waals surface area (Å²) in [5.74, 6) is -2.69. The molecular formula is C8H8F2N2O. The van der Waals surface area contributed by atoms with E-state index >= 15 is 0 Å². The molecule has 1 aromatic rings. The monoisotopic (exact) mass is 186 g/mol. The molecule has 0 heterocycles. The molecule has 3 N–H and O–H groups in total. The highest BCUT2D eigenvalue weighted by molar-refractivity contribution is 5.92. The number of hydrogen-bond acceptors (Lipinski definition) is 2. The van der Waals surface area contributed by atoms with E-state index in [1.54, 1.807) is 0 Å². The van der Waals surface area contributed by atoms with Gasteiger partial charge < -0.3 is 11.1 Å². The summed E-state index contributed by atoms with van der Waals surface area (Å²) >= 11 is 0. The number of carbonyl (C=O) groups excluding carboxylic acids is 1. The lowest BCUT2D eigenvalue weighted by molar-refractivity contribution is -0.114. The fourth-order valence-electron chi connectivity index (χ4n) is 0.869. The lowest BCUT2D eigenvalue weighted by Crippen LogP contribution is -2.10. The van der Waals surface area contributed by atoms with Gasteiger partial charge in [-0.15, -0.1) is 0 Å². The van der Waals surface area contributed by atoms with Crippen LogP contribution in [0.2, 0.25) is 0 Å². The van der Waals surface area contributed by atoms with Crippen LogP contribution in [-0.4, -0.2) is 5.91 Å². The number of amides is 1. The molecule has 1 aromatic carbocycles. The number of halogens is 2. The molecule has 0 aliphatic carbocycles. The number of hydrogen-bond donors (Lipinski definition) is 2. The molecule has 0 aliphatic rings. The Labute approximate surface area is 73.5 Å². The number of nitrogens with one attached hydrogen (secondary N) is 1. The fraction of sp³-hybridized carbons (Fsp3) is 0.125. The summed E-state index contributed by atoms with van der Waals surface area (Å²) in [7, 11) is 0. The largest absolute Gasteiger partial charge is 0.397 e. The molecule has 1 amide bonds. The van der Waals surface area contributed by atoms with Gasteiger partial charge >= 0.3 is 0 Å². The van der Waals surface area contributed by atoms with Crippen molar-refractivity contribution in [2.24, 2.45) is 0 Å². The van der Waals surface area contributed by atoms with Crippen LogP contribution in [0.4, 0.5) is 20.2 Å². The molecule has 0 saturated heterocycles. The summed E-state index contributed by atoms with van der Waals surface area (Å²) in [5, 5.41) is 2.10. The molecule has 0 aliphatic heterocycles. The Morgan fingerprint density at radius 1 is 1.46 bits per heavy atom. The van der Waals surface area contributed by atoms with Gasteiger partial charge in [-0.05, 0) is 12.1 Å². The second-order valence-corrected chi connectivity index (χ2v) is 2.51. The van der Waals surface area contributed by atoms with Gasteiger partial charge in [0.25, 0.3) is 0 Å². The molecule has 5 heteroatoms. The maximum absolute atomic E-state index is 13.0. The van der Waals surface area contributed by atoms with Crippen LogP contribution in [0.25, 0.3) is 0 Å². The maximum Gasteiger partial charge on any atom is 0.221 e. The Kier molecular flexibility index (Phi) is 2.46. The van der Waals surface area contributed by atoms with E-state index in [0.29, 0.717) is 0 Å². The van der Waals surface area contributed by atoms with Crippen LogP contribution in [0, 0.1) is 11.6 Å². The lowest BCUT2D eigenvalue weighted by Gasteiger charge is -2.07. The Balaban J connectivity index is 3.17. The summed E-state index contributed by atoms with van der Waals surface area (Å²) in [4.78, 5) is 10.6. The minimum atomic E-state index is -1.14. The highest BCUT2D eigenvalue weighted by Gasteiger charge is 2.12. The molecule has 0 saturated carbocycles. The molecule has 0 radical (unpaired) electrons. The number of nitrogen functional groups attached to an aromatic ring is 1. The second-order valence-electron chi connectivity index (χ2n) is 2.51. The van der Waals surface area contributed by atoms with Crippen molar-refractivity contribution in [2.75, 3.05) is 11.1 Å². The molecule has 0 bridgehead atoms. The first-order chi connectivity index (χ1) is 6.02. The molecule has 0 aromatic heterocycles. The third-order valence-electron chi connectivity index (χ3n) is 1.43. The maximum atomic E-state index is 13.0. The standard InChI is InChI=1S/C8H8F2N2O/c1-4(13)12-8-6(11)3-2-5(9)7(8)10/h2-3H,11H2,1H3,(H,12,13). The topological polar surface area (TPSA) is 55.1 Å². The number of anilines is 2. The first-order valence-corrected chi connectivity index (χ1v) is 3.53. The van der Waals surface area contributed by atoms with Crippen LogP contribution in [0.15, 0.2) is 12.1 Å². The van der Waals surface area contributed by atoms with Crippen molar-refractivity contribution in [3.05, 3.63) is 23.8 Å². The van der Waals surface area contributed by atoms with Gasteiger partial charge in [0.1, 0.15) is 5.69 Å². The Bertz CT molecular complexity index is 352. The van der Waals surface area contributed by atoms with Crippen molar-refractivity contribution in [3.63, 3.8) is 0 Å². The van der Waals surface area contributed by atoms with E-state index in [2.05, 4.69) is 5.32 Å². The summed E-state index contributed by atoms with van der Waals surface area (Å²) in [6, 6.07) is 2.08. The summed E-state index contributed by atoms with van der Waals surface area (Å²) in [6.07, 6.45) is 0. The molecule has 0 atom stereocenters.